The average molecular weight is 397 g/mol. The molecular weight excluding hydrogens is 368 g/mol. The fourth-order valence-corrected chi connectivity index (χ4v) is 5.59. The number of rotatable bonds is 4. The Labute approximate surface area is 170 Å². The summed E-state index contributed by atoms with van der Waals surface area (Å²) in [6.45, 7) is 9.70. The summed E-state index contributed by atoms with van der Waals surface area (Å²) in [6.07, 6.45) is 8.78. The number of fused-ring (bicyclic) bond motifs is 1. The zero-order chi connectivity index (χ0) is 19.1. The van der Waals surface area contributed by atoms with E-state index in [2.05, 4.69) is 39.6 Å². The van der Waals surface area contributed by atoms with Crippen LogP contribution >= 0.6 is 11.3 Å². The SMILES string of the molecule is Cc1sc2nc(CN3CCCC3)nc(N3CCC(n4cccn4)CC3)c2c1C. The molecule has 148 valence electrons. The molecule has 0 atom stereocenters. The highest BCUT2D eigenvalue weighted by Gasteiger charge is 2.26. The van der Waals surface area contributed by atoms with Gasteiger partial charge in [-0.25, -0.2) is 9.97 Å². The molecule has 5 heterocycles. The van der Waals surface area contributed by atoms with Gasteiger partial charge in [-0.3, -0.25) is 9.58 Å². The summed E-state index contributed by atoms with van der Waals surface area (Å²) in [5.41, 5.74) is 1.34. The summed E-state index contributed by atoms with van der Waals surface area (Å²) >= 11 is 1.82. The minimum atomic E-state index is 0.498. The zero-order valence-corrected chi connectivity index (χ0v) is 17.6. The average Bonchev–Trinajstić information content (AvgIpc) is 3.45. The highest BCUT2D eigenvalue weighted by atomic mass is 32.1. The van der Waals surface area contributed by atoms with Crippen molar-refractivity contribution in [2.75, 3.05) is 31.1 Å². The normalized spacial score (nSPS) is 19.1. The summed E-state index contributed by atoms with van der Waals surface area (Å²) in [5, 5.41) is 5.71. The molecule has 0 saturated carbocycles. The number of nitrogens with zero attached hydrogens (tertiary/aromatic N) is 6. The third-order valence-corrected chi connectivity index (χ3v) is 7.38. The monoisotopic (exact) mass is 396 g/mol. The largest absolute Gasteiger partial charge is 0.356 e. The van der Waals surface area contributed by atoms with Gasteiger partial charge in [-0.15, -0.1) is 11.3 Å². The Morgan fingerprint density at radius 1 is 1.07 bits per heavy atom. The zero-order valence-electron chi connectivity index (χ0n) is 16.8. The van der Waals surface area contributed by atoms with Gasteiger partial charge in [0.25, 0.3) is 0 Å². The second-order valence-electron chi connectivity index (χ2n) is 8.11. The van der Waals surface area contributed by atoms with Gasteiger partial charge >= 0.3 is 0 Å². The lowest BCUT2D eigenvalue weighted by atomic mass is 10.0. The molecular formula is C21H28N6S. The van der Waals surface area contributed by atoms with Crippen LogP contribution in [-0.2, 0) is 6.54 Å². The van der Waals surface area contributed by atoms with Gasteiger partial charge in [0, 0.05) is 30.4 Å². The first-order chi connectivity index (χ1) is 13.7. The highest BCUT2D eigenvalue weighted by Crippen LogP contribution is 2.37. The number of aryl methyl sites for hydroxylation is 2. The molecule has 0 N–H and O–H groups in total. The van der Waals surface area contributed by atoms with E-state index in [1.807, 2.05) is 23.6 Å². The molecule has 3 aromatic heterocycles. The molecule has 0 aliphatic carbocycles. The van der Waals surface area contributed by atoms with Gasteiger partial charge in [0.05, 0.1) is 18.0 Å². The van der Waals surface area contributed by atoms with Gasteiger partial charge in [0.2, 0.25) is 0 Å². The van der Waals surface area contributed by atoms with Crippen LogP contribution in [-0.4, -0.2) is 50.8 Å². The molecule has 0 amide bonds. The van der Waals surface area contributed by atoms with E-state index in [0.29, 0.717) is 6.04 Å². The second kappa shape index (κ2) is 7.44. The van der Waals surface area contributed by atoms with Crippen LogP contribution in [0.1, 0.15) is 48.0 Å². The number of hydrogen-bond donors (Lipinski definition) is 0. The first kappa shape index (κ1) is 18.1. The molecule has 2 fully saturated rings. The maximum atomic E-state index is 5.11. The Hall–Kier alpha value is -1.99. The van der Waals surface area contributed by atoms with Crippen molar-refractivity contribution in [1.29, 1.82) is 0 Å². The molecule has 0 unspecified atom stereocenters. The standard InChI is InChI=1S/C21H28N6S/c1-15-16(2)28-21-19(15)20(23-18(24-21)14-25-9-3-4-10-25)26-12-6-17(7-13-26)27-11-5-8-22-27/h5,8,11,17H,3-4,6-7,9-10,12-14H2,1-2H3. The van der Waals surface area contributed by atoms with Crippen molar-refractivity contribution >= 4 is 27.4 Å². The van der Waals surface area contributed by atoms with Crippen molar-refractivity contribution in [1.82, 2.24) is 24.6 Å². The van der Waals surface area contributed by atoms with E-state index in [1.54, 1.807) is 0 Å². The predicted octanol–water partition coefficient (Wildman–Crippen LogP) is 3.94. The number of piperidine rings is 1. The quantitative estimate of drug-likeness (QED) is 0.668. The lowest BCUT2D eigenvalue weighted by molar-refractivity contribution is 0.322. The van der Waals surface area contributed by atoms with E-state index in [1.165, 1.54) is 41.8 Å². The fourth-order valence-electron chi connectivity index (χ4n) is 4.55. The molecule has 0 bridgehead atoms. The molecule has 2 aliphatic heterocycles. The van der Waals surface area contributed by atoms with Crippen molar-refractivity contribution < 1.29 is 0 Å². The third kappa shape index (κ3) is 3.31. The number of likely N-dealkylation sites (tertiary alicyclic amines) is 1. The van der Waals surface area contributed by atoms with Gasteiger partial charge < -0.3 is 4.90 Å². The Balaban J connectivity index is 1.45. The van der Waals surface area contributed by atoms with Crippen molar-refractivity contribution in [2.45, 2.75) is 52.1 Å². The topological polar surface area (TPSA) is 50.1 Å². The fraction of sp³-hybridized carbons (Fsp3) is 0.571. The van der Waals surface area contributed by atoms with Gasteiger partial charge in [-0.05, 0) is 64.3 Å². The molecule has 28 heavy (non-hydrogen) atoms. The predicted molar refractivity (Wildman–Crippen MR) is 114 cm³/mol. The van der Waals surface area contributed by atoms with E-state index in [4.69, 9.17) is 9.97 Å². The Morgan fingerprint density at radius 3 is 2.57 bits per heavy atom. The van der Waals surface area contributed by atoms with E-state index < -0.39 is 0 Å². The highest BCUT2D eigenvalue weighted by molar-refractivity contribution is 7.18. The number of aromatic nitrogens is 4. The van der Waals surface area contributed by atoms with Crippen LogP contribution in [0.15, 0.2) is 18.5 Å². The first-order valence-corrected chi connectivity index (χ1v) is 11.2. The first-order valence-electron chi connectivity index (χ1n) is 10.4. The van der Waals surface area contributed by atoms with E-state index in [0.717, 1.165) is 48.9 Å². The lowest BCUT2D eigenvalue weighted by Gasteiger charge is -2.33. The minimum Gasteiger partial charge on any atom is -0.356 e. The summed E-state index contributed by atoms with van der Waals surface area (Å²) in [4.78, 5) is 17.5. The summed E-state index contributed by atoms with van der Waals surface area (Å²) in [6, 6.07) is 2.51. The summed E-state index contributed by atoms with van der Waals surface area (Å²) in [7, 11) is 0. The Kier molecular flexibility index (Phi) is 4.80. The van der Waals surface area contributed by atoms with Gasteiger partial charge in [0.1, 0.15) is 16.5 Å². The van der Waals surface area contributed by atoms with Gasteiger partial charge in [-0.1, -0.05) is 0 Å². The van der Waals surface area contributed by atoms with Gasteiger partial charge in [0.15, 0.2) is 0 Å². The molecule has 6 nitrogen and oxygen atoms in total. The van der Waals surface area contributed by atoms with Crippen molar-refractivity contribution in [3.63, 3.8) is 0 Å². The van der Waals surface area contributed by atoms with Crippen molar-refractivity contribution in [3.05, 3.63) is 34.7 Å². The maximum absolute atomic E-state index is 5.11. The lowest BCUT2D eigenvalue weighted by Crippen LogP contribution is -2.35. The van der Waals surface area contributed by atoms with Crippen LogP contribution in [0.5, 0.6) is 0 Å². The Morgan fingerprint density at radius 2 is 1.86 bits per heavy atom. The smallest absolute Gasteiger partial charge is 0.146 e. The third-order valence-electron chi connectivity index (χ3n) is 6.28. The van der Waals surface area contributed by atoms with Crippen LogP contribution in [0.2, 0.25) is 0 Å². The summed E-state index contributed by atoms with van der Waals surface area (Å²) < 4.78 is 2.12. The van der Waals surface area contributed by atoms with E-state index in [9.17, 15) is 0 Å². The number of thiophene rings is 1. The molecule has 0 aromatic carbocycles. The van der Waals surface area contributed by atoms with Crippen LogP contribution in [0.4, 0.5) is 5.82 Å². The molecule has 7 heteroatoms. The molecule has 0 radical (unpaired) electrons. The molecule has 2 saturated heterocycles. The molecule has 2 aliphatic rings. The molecule has 5 rings (SSSR count). The van der Waals surface area contributed by atoms with Crippen LogP contribution in [0, 0.1) is 13.8 Å². The molecule has 0 spiro atoms. The minimum absolute atomic E-state index is 0.498. The van der Waals surface area contributed by atoms with Crippen LogP contribution < -0.4 is 4.90 Å². The summed E-state index contributed by atoms with van der Waals surface area (Å²) in [5.74, 6) is 2.14. The van der Waals surface area contributed by atoms with Crippen LogP contribution in [0.25, 0.3) is 10.2 Å². The number of hydrogen-bond acceptors (Lipinski definition) is 6. The van der Waals surface area contributed by atoms with Crippen LogP contribution in [0.3, 0.4) is 0 Å². The van der Waals surface area contributed by atoms with Gasteiger partial charge in [-0.2, -0.15) is 5.10 Å². The van der Waals surface area contributed by atoms with E-state index in [-0.39, 0.29) is 0 Å². The number of anilines is 1. The molecule has 3 aromatic rings. The Bertz CT molecular complexity index is 949. The van der Waals surface area contributed by atoms with Crippen molar-refractivity contribution in [2.24, 2.45) is 0 Å². The van der Waals surface area contributed by atoms with E-state index >= 15 is 0 Å². The van der Waals surface area contributed by atoms with Crippen molar-refractivity contribution in [3.8, 4) is 0 Å². The second-order valence-corrected chi connectivity index (χ2v) is 9.32. The maximum Gasteiger partial charge on any atom is 0.146 e.